The van der Waals surface area contributed by atoms with Gasteiger partial charge in [-0.3, -0.25) is 9.59 Å². The number of amides is 3. The van der Waals surface area contributed by atoms with Crippen molar-refractivity contribution < 1.29 is 19.5 Å². The number of carbonyl (C=O) groups excluding carboxylic acids is 2. The molecule has 0 atom stereocenters. The second-order valence-electron chi connectivity index (χ2n) is 4.49. The number of urea groups is 1. The van der Waals surface area contributed by atoms with Gasteiger partial charge in [-0.15, -0.1) is 0 Å². The Morgan fingerprint density at radius 1 is 1.21 bits per heavy atom. The molecule has 2 N–H and O–H groups in total. The van der Waals surface area contributed by atoms with Crippen LogP contribution in [0.4, 0.5) is 4.79 Å². The molecular formula is C12H23N3O4. The van der Waals surface area contributed by atoms with Crippen LogP contribution in [0.25, 0.3) is 0 Å². The maximum absolute atomic E-state index is 12.3. The summed E-state index contributed by atoms with van der Waals surface area (Å²) in [4.78, 5) is 37.0. The van der Waals surface area contributed by atoms with E-state index in [4.69, 9.17) is 5.11 Å². The Balaban J connectivity index is 4.90. The van der Waals surface area contributed by atoms with Crippen molar-refractivity contribution in [1.82, 2.24) is 15.1 Å². The van der Waals surface area contributed by atoms with E-state index in [1.165, 1.54) is 16.8 Å². The molecule has 0 aliphatic rings. The summed E-state index contributed by atoms with van der Waals surface area (Å²) in [6.07, 6.45) is 0.696. The van der Waals surface area contributed by atoms with Crippen LogP contribution in [-0.4, -0.2) is 65.5 Å². The number of rotatable bonds is 7. The number of likely N-dealkylation sites (N-methyl/N-ethyl adjacent to an activating group) is 1. The summed E-state index contributed by atoms with van der Waals surface area (Å²) in [5, 5.41) is 11.3. The van der Waals surface area contributed by atoms with Gasteiger partial charge in [0.05, 0.1) is 0 Å². The van der Waals surface area contributed by atoms with Crippen LogP contribution in [-0.2, 0) is 9.59 Å². The summed E-state index contributed by atoms with van der Waals surface area (Å²) in [6, 6.07) is -0.671. The molecule has 0 rings (SSSR count). The van der Waals surface area contributed by atoms with Crippen molar-refractivity contribution >= 4 is 17.9 Å². The Bertz CT molecular complexity index is 331. The van der Waals surface area contributed by atoms with Crippen molar-refractivity contribution in [2.75, 3.05) is 26.7 Å². The number of carboxylic acids is 1. The Hall–Kier alpha value is -1.79. The van der Waals surface area contributed by atoms with Crippen LogP contribution in [0.2, 0.25) is 0 Å². The Labute approximate surface area is 113 Å². The molecule has 19 heavy (non-hydrogen) atoms. The van der Waals surface area contributed by atoms with E-state index in [2.05, 4.69) is 5.32 Å². The largest absolute Gasteiger partial charge is 0.480 e. The van der Waals surface area contributed by atoms with Crippen LogP contribution in [0.3, 0.4) is 0 Å². The van der Waals surface area contributed by atoms with Crippen LogP contribution in [0.5, 0.6) is 0 Å². The second kappa shape index (κ2) is 8.34. The van der Waals surface area contributed by atoms with Crippen molar-refractivity contribution in [2.45, 2.75) is 33.2 Å². The van der Waals surface area contributed by atoms with E-state index in [1.807, 2.05) is 6.92 Å². The minimum Gasteiger partial charge on any atom is -0.480 e. The van der Waals surface area contributed by atoms with E-state index < -0.39 is 12.0 Å². The molecule has 0 aromatic carbocycles. The van der Waals surface area contributed by atoms with Crippen LogP contribution < -0.4 is 5.32 Å². The van der Waals surface area contributed by atoms with Crippen molar-refractivity contribution in [1.29, 1.82) is 0 Å². The quantitative estimate of drug-likeness (QED) is 0.700. The third kappa shape index (κ3) is 6.08. The van der Waals surface area contributed by atoms with Gasteiger partial charge in [0.25, 0.3) is 0 Å². The van der Waals surface area contributed by atoms with E-state index in [1.54, 1.807) is 13.8 Å². The molecular weight excluding hydrogens is 250 g/mol. The smallest absolute Gasteiger partial charge is 0.323 e. The summed E-state index contributed by atoms with van der Waals surface area (Å²) < 4.78 is 0. The average molecular weight is 273 g/mol. The van der Waals surface area contributed by atoms with Crippen molar-refractivity contribution in [3.8, 4) is 0 Å². The first kappa shape index (κ1) is 17.2. The second-order valence-corrected chi connectivity index (χ2v) is 4.49. The Morgan fingerprint density at radius 3 is 2.16 bits per heavy atom. The number of hydrogen-bond donors (Lipinski definition) is 2. The van der Waals surface area contributed by atoms with E-state index >= 15 is 0 Å². The van der Waals surface area contributed by atoms with Crippen LogP contribution in [0, 0.1) is 0 Å². The molecule has 0 spiro atoms. The summed E-state index contributed by atoms with van der Waals surface area (Å²) in [7, 11) is 1.49. The average Bonchev–Trinajstić information content (AvgIpc) is 2.33. The highest BCUT2D eigenvalue weighted by Crippen LogP contribution is 2.05. The Kier molecular flexibility index (Phi) is 7.55. The molecule has 0 unspecified atom stereocenters. The molecule has 0 aromatic rings. The number of aliphatic carboxylic acids is 1. The van der Waals surface area contributed by atoms with Gasteiger partial charge in [0.2, 0.25) is 5.91 Å². The van der Waals surface area contributed by atoms with E-state index in [0.717, 1.165) is 0 Å². The predicted octanol–water partition coefficient (Wildman–Crippen LogP) is 0.359. The molecule has 0 saturated carbocycles. The van der Waals surface area contributed by atoms with Crippen molar-refractivity contribution in [3.63, 3.8) is 0 Å². The van der Waals surface area contributed by atoms with Gasteiger partial charge in [-0.1, -0.05) is 6.92 Å². The number of hydrogen-bond acceptors (Lipinski definition) is 3. The first-order valence-corrected chi connectivity index (χ1v) is 6.31. The molecule has 0 radical (unpaired) electrons. The standard InChI is InChI=1S/C12H23N3O4/c1-5-6-14(7-10(16)13-4)12(19)15(9(2)3)8-11(17)18/h9H,5-8H2,1-4H3,(H,13,16)(H,17,18). The van der Waals surface area contributed by atoms with Crippen LogP contribution in [0.15, 0.2) is 0 Å². The molecule has 0 saturated heterocycles. The van der Waals surface area contributed by atoms with Crippen LogP contribution >= 0.6 is 0 Å². The van der Waals surface area contributed by atoms with Crippen molar-refractivity contribution in [3.05, 3.63) is 0 Å². The lowest BCUT2D eigenvalue weighted by atomic mass is 10.3. The fourth-order valence-electron chi connectivity index (χ4n) is 1.56. The topological polar surface area (TPSA) is 90.0 Å². The highest BCUT2D eigenvalue weighted by molar-refractivity contribution is 5.85. The fourth-order valence-corrected chi connectivity index (χ4v) is 1.56. The molecule has 110 valence electrons. The summed E-state index contributed by atoms with van der Waals surface area (Å²) in [6.45, 7) is 5.35. The first-order chi connectivity index (χ1) is 8.83. The summed E-state index contributed by atoms with van der Waals surface area (Å²) >= 11 is 0. The van der Waals surface area contributed by atoms with Gasteiger partial charge in [0, 0.05) is 19.6 Å². The van der Waals surface area contributed by atoms with Gasteiger partial charge in [-0.25, -0.2) is 4.79 Å². The monoisotopic (exact) mass is 273 g/mol. The lowest BCUT2D eigenvalue weighted by Crippen LogP contribution is -2.51. The summed E-state index contributed by atoms with van der Waals surface area (Å²) in [5.74, 6) is -1.35. The van der Waals surface area contributed by atoms with Gasteiger partial charge in [-0.2, -0.15) is 0 Å². The Morgan fingerprint density at radius 2 is 1.79 bits per heavy atom. The third-order valence-electron chi connectivity index (χ3n) is 2.55. The SMILES string of the molecule is CCCN(CC(=O)NC)C(=O)N(CC(=O)O)C(C)C. The molecule has 7 nitrogen and oxygen atoms in total. The minimum absolute atomic E-state index is 0.0635. The number of nitrogens with zero attached hydrogens (tertiary/aromatic N) is 2. The zero-order chi connectivity index (χ0) is 15.0. The molecule has 0 aromatic heterocycles. The van der Waals surface area contributed by atoms with Crippen LogP contribution in [0.1, 0.15) is 27.2 Å². The fraction of sp³-hybridized carbons (Fsp3) is 0.750. The van der Waals surface area contributed by atoms with Gasteiger partial charge in [0.1, 0.15) is 13.1 Å². The predicted molar refractivity (Wildman–Crippen MR) is 70.8 cm³/mol. The van der Waals surface area contributed by atoms with Gasteiger partial charge in [-0.05, 0) is 20.3 Å². The lowest BCUT2D eigenvalue weighted by Gasteiger charge is -2.31. The van der Waals surface area contributed by atoms with E-state index in [0.29, 0.717) is 13.0 Å². The molecule has 0 fully saturated rings. The molecule has 0 heterocycles. The minimum atomic E-state index is -1.07. The number of nitrogens with one attached hydrogen (secondary N) is 1. The van der Waals surface area contributed by atoms with Crippen molar-refractivity contribution in [2.24, 2.45) is 0 Å². The maximum Gasteiger partial charge on any atom is 0.323 e. The van der Waals surface area contributed by atoms with E-state index in [-0.39, 0.29) is 25.0 Å². The molecule has 0 bridgehead atoms. The molecule has 7 heteroatoms. The van der Waals surface area contributed by atoms with E-state index in [9.17, 15) is 14.4 Å². The lowest BCUT2D eigenvalue weighted by molar-refractivity contribution is -0.138. The first-order valence-electron chi connectivity index (χ1n) is 6.31. The molecule has 0 aliphatic heterocycles. The van der Waals surface area contributed by atoms with Gasteiger partial charge >= 0.3 is 12.0 Å². The summed E-state index contributed by atoms with van der Waals surface area (Å²) in [5.41, 5.74) is 0. The normalized spacial score (nSPS) is 10.2. The molecule has 3 amide bonds. The van der Waals surface area contributed by atoms with Gasteiger partial charge in [0.15, 0.2) is 0 Å². The highest BCUT2D eigenvalue weighted by atomic mass is 16.4. The highest BCUT2D eigenvalue weighted by Gasteiger charge is 2.25. The maximum atomic E-state index is 12.3. The zero-order valence-electron chi connectivity index (χ0n) is 12.0. The zero-order valence-corrected chi connectivity index (χ0v) is 12.0. The third-order valence-corrected chi connectivity index (χ3v) is 2.55. The number of carboxylic acid groups (broad SMARTS) is 1. The molecule has 0 aliphatic carbocycles. The number of carbonyl (C=O) groups is 3. The van der Waals surface area contributed by atoms with Gasteiger partial charge < -0.3 is 20.2 Å².